The molecule has 0 saturated carbocycles. The van der Waals surface area contributed by atoms with E-state index in [2.05, 4.69) is 17.0 Å². The number of carboxylic acids is 1. The number of carbonyl (C=O) groups is 1. The van der Waals surface area contributed by atoms with Gasteiger partial charge in [0.15, 0.2) is 0 Å². The van der Waals surface area contributed by atoms with Crippen LogP contribution in [0.2, 0.25) is 0 Å². The molecule has 0 saturated heterocycles. The fraction of sp³-hybridized carbons (Fsp3) is 0.286. The van der Waals surface area contributed by atoms with Crippen molar-refractivity contribution in [2.75, 3.05) is 26.7 Å². The summed E-state index contributed by atoms with van der Waals surface area (Å²) in [4.78, 5) is 13.9. The highest BCUT2D eigenvalue weighted by Crippen LogP contribution is 2.30. The first-order valence-corrected chi connectivity index (χ1v) is 8.51. The van der Waals surface area contributed by atoms with Crippen molar-refractivity contribution in [2.24, 2.45) is 0 Å². The van der Waals surface area contributed by atoms with Crippen molar-refractivity contribution in [3.8, 4) is 5.75 Å². The van der Waals surface area contributed by atoms with Crippen molar-refractivity contribution < 1.29 is 14.6 Å². The molecule has 4 heteroatoms. The molecule has 0 amide bonds. The lowest BCUT2D eigenvalue weighted by molar-refractivity contribution is -0.139. The number of hydrogen-bond donors (Lipinski definition) is 1. The summed E-state index contributed by atoms with van der Waals surface area (Å²) in [6.45, 7) is 2.12. The van der Waals surface area contributed by atoms with Gasteiger partial charge in [0, 0.05) is 25.2 Å². The summed E-state index contributed by atoms with van der Waals surface area (Å²) in [6.07, 6.45) is 3.08. The third-order valence-corrected chi connectivity index (χ3v) is 4.69. The van der Waals surface area contributed by atoms with Gasteiger partial charge in [-0.2, -0.15) is 0 Å². The molecule has 0 radical (unpaired) electrons. The second kappa shape index (κ2) is 7.99. The lowest BCUT2D eigenvalue weighted by Crippen LogP contribution is -2.35. The molecule has 0 fully saturated rings. The molecular formula is C21H23NO3. The van der Waals surface area contributed by atoms with E-state index in [0.29, 0.717) is 6.54 Å². The second-order valence-corrected chi connectivity index (χ2v) is 6.24. The minimum absolute atomic E-state index is 0.498. The lowest BCUT2D eigenvalue weighted by Gasteiger charge is -2.29. The van der Waals surface area contributed by atoms with Gasteiger partial charge in [0.25, 0.3) is 0 Å². The highest BCUT2D eigenvalue weighted by molar-refractivity contribution is 5.76. The average Bonchev–Trinajstić information content (AvgIpc) is 2.67. The van der Waals surface area contributed by atoms with E-state index in [-0.39, 0.29) is 0 Å². The summed E-state index contributed by atoms with van der Waals surface area (Å²) < 4.78 is 5.45. The summed E-state index contributed by atoms with van der Waals surface area (Å²) in [5, 5.41) is 9.60. The SMILES string of the molecule is COc1ccccc1C1=CCN(CC(C(=O)O)c2ccccc2)CC1. The third-order valence-electron chi connectivity index (χ3n) is 4.69. The minimum atomic E-state index is -0.772. The van der Waals surface area contributed by atoms with E-state index < -0.39 is 11.9 Å². The Morgan fingerprint density at radius 3 is 2.52 bits per heavy atom. The van der Waals surface area contributed by atoms with Gasteiger partial charge in [0.2, 0.25) is 0 Å². The number of para-hydroxylation sites is 1. The quantitative estimate of drug-likeness (QED) is 0.874. The van der Waals surface area contributed by atoms with Crippen molar-refractivity contribution in [1.82, 2.24) is 4.90 Å². The molecule has 1 N–H and O–H groups in total. The van der Waals surface area contributed by atoms with Gasteiger partial charge in [-0.05, 0) is 23.6 Å². The van der Waals surface area contributed by atoms with E-state index >= 15 is 0 Å². The molecule has 4 nitrogen and oxygen atoms in total. The third kappa shape index (κ3) is 4.09. The predicted molar refractivity (Wildman–Crippen MR) is 98.8 cm³/mol. The fourth-order valence-electron chi connectivity index (χ4n) is 3.30. The zero-order valence-corrected chi connectivity index (χ0v) is 14.4. The molecule has 0 aliphatic carbocycles. The summed E-state index contributed by atoms with van der Waals surface area (Å²) >= 11 is 0. The Morgan fingerprint density at radius 1 is 1.16 bits per heavy atom. The first-order valence-electron chi connectivity index (χ1n) is 8.51. The van der Waals surface area contributed by atoms with Crippen molar-refractivity contribution >= 4 is 11.5 Å². The van der Waals surface area contributed by atoms with E-state index in [4.69, 9.17) is 4.74 Å². The summed E-state index contributed by atoms with van der Waals surface area (Å²) in [5.74, 6) is -0.386. The lowest BCUT2D eigenvalue weighted by atomic mass is 9.95. The number of aliphatic carboxylic acids is 1. The Bertz CT molecular complexity index is 755. The van der Waals surface area contributed by atoms with Crippen LogP contribution >= 0.6 is 0 Å². The van der Waals surface area contributed by atoms with Crippen LogP contribution in [0.1, 0.15) is 23.5 Å². The molecule has 130 valence electrons. The Balaban J connectivity index is 1.71. The van der Waals surface area contributed by atoms with Crippen LogP contribution in [0.5, 0.6) is 5.75 Å². The number of hydrogen-bond acceptors (Lipinski definition) is 3. The normalized spacial score (nSPS) is 16.1. The Kier molecular flexibility index (Phi) is 5.51. The first kappa shape index (κ1) is 17.2. The molecule has 2 aromatic carbocycles. The molecule has 0 aromatic heterocycles. The van der Waals surface area contributed by atoms with E-state index in [0.717, 1.165) is 36.4 Å². The van der Waals surface area contributed by atoms with E-state index in [1.807, 2.05) is 48.5 Å². The Morgan fingerprint density at radius 2 is 1.88 bits per heavy atom. The van der Waals surface area contributed by atoms with Gasteiger partial charge in [-0.1, -0.05) is 54.6 Å². The molecule has 2 aromatic rings. The van der Waals surface area contributed by atoms with Crippen molar-refractivity contribution in [2.45, 2.75) is 12.3 Å². The summed E-state index contributed by atoms with van der Waals surface area (Å²) in [5.41, 5.74) is 3.25. The Hall–Kier alpha value is -2.59. The van der Waals surface area contributed by atoms with E-state index in [1.165, 1.54) is 5.57 Å². The molecular weight excluding hydrogens is 314 g/mol. The van der Waals surface area contributed by atoms with Gasteiger partial charge in [0.05, 0.1) is 13.0 Å². The number of nitrogens with zero attached hydrogens (tertiary/aromatic N) is 1. The smallest absolute Gasteiger partial charge is 0.312 e. The predicted octanol–water partition coefficient (Wildman–Crippen LogP) is 3.65. The number of carboxylic acid groups (broad SMARTS) is 1. The molecule has 1 heterocycles. The highest BCUT2D eigenvalue weighted by atomic mass is 16.5. The topological polar surface area (TPSA) is 49.8 Å². The molecule has 25 heavy (non-hydrogen) atoms. The number of benzene rings is 2. The standard InChI is InChI=1S/C21H23NO3/c1-25-20-10-6-5-9-18(20)17-11-13-22(14-12-17)15-19(21(23)24)16-7-3-2-4-8-16/h2-11,19H,12-15H2,1H3,(H,23,24). The summed E-state index contributed by atoms with van der Waals surface area (Å²) in [7, 11) is 1.69. The Labute approximate surface area is 148 Å². The van der Waals surface area contributed by atoms with Crippen molar-refractivity contribution in [1.29, 1.82) is 0 Å². The van der Waals surface area contributed by atoms with Crippen LogP contribution in [0.25, 0.3) is 5.57 Å². The number of ether oxygens (including phenoxy) is 1. The first-order chi connectivity index (χ1) is 12.2. The molecule has 1 aliphatic rings. The summed E-state index contributed by atoms with van der Waals surface area (Å²) in [6, 6.07) is 17.5. The molecule has 0 spiro atoms. The number of methoxy groups -OCH3 is 1. The second-order valence-electron chi connectivity index (χ2n) is 6.24. The van der Waals surface area contributed by atoms with Crippen LogP contribution in [0.15, 0.2) is 60.7 Å². The van der Waals surface area contributed by atoms with Crippen LogP contribution in [0, 0.1) is 0 Å². The molecule has 3 rings (SSSR count). The van der Waals surface area contributed by atoms with Gasteiger partial charge >= 0.3 is 5.97 Å². The largest absolute Gasteiger partial charge is 0.496 e. The average molecular weight is 337 g/mol. The van der Waals surface area contributed by atoms with E-state index in [1.54, 1.807) is 7.11 Å². The van der Waals surface area contributed by atoms with Crippen LogP contribution in [0.4, 0.5) is 0 Å². The molecule has 0 bridgehead atoms. The van der Waals surface area contributed by atoms with Crippen LogP contribution in [0.3, 0.4) is 0 Å². The van der Waals surface area contributed by atoms with Gasteiger partial charge in [-0.15, -0.1) is 0 Å². The fourth-order valence-corrected chi connectivity index (χ4v) is 3.30. The van der Waals surface area contributed by atoms with Crippen LogP contribution < -0.4 is 4.74 Å². The maximum absolute atomic E-state index is 11.7. The van der Waals surface area contributed by atoms with Crippen molar-refractivity contribution in [3.05, 3.63) is 71.8 Å². The monoisotopic (exact) mass is 337 g/mol. The molecule has 1 aliphatic heterocycles. The molecule has 1 atom stereocenters. The van der Waals surface area contributed by atoms with Gasteiger partial charge in [0.1, 0.15) is 5.75 Å². The van der Waals surface area contributed by atoms with Crippen molar-refractivity contribution in [3.63, 3.8) is 0 Å². The minimum Gasteiger partial charge on any atom is -0.496 e. The van der Waals surface area contributed by atoms with Gasteiger partial charge in [-0.25, -0.2) is 0 Å². The molecule has 1 unspecified atom stereocenters. The number of rotatable bonds is 6. The maximum atomic E-state index is 11.7. The zero-order chi connectivity index (χ0) is 17.6. The van der Waals surface area contributed by atoms with Crippen LogP contribution in [-0.4, -0.2) is 42.7 Å². The maximum Gasteiger partial charge on any atom is 0.312 e. The van der Waals surface area contributed by atoms with Gasteiger partial charge in [-0.3, -0.25) is 9.69 Å². The van der Waals surface area contributed by atoms with Crippen LogP contribution in [-0.2, 0) is 4.79 Å². The van der Waals surface area contributed by atoms with Gasteiger partial charge < -0.3 is 9.84 Å². The zero-order valence-electron chi connectivity index (χ0n) is 14.4. The van der Waals surface area contributed by atoms with E-state index in [9.17, 15) is 9.90 Å². The highest BCUT2D eigenvalue weighted by Gasteiger charge is 2.24.